The van der Waals surface area contributed by atoms with Crippen molar-refractivity contribution in [3.8, 4) is 11.5 Å². The van der Waals surface area contributed by atoms with Crippen LogP contribution in [0.25, 0.3) is 0 Å². The van der Waals surface area contributed by atoms with E-state index in [2.05, 4.69) is 4.72 Å². The lowest BCUT2D eigenvalue weighted by Gasteiger charge is -2.29. The molecule has 0 radical (unpaired) electrons. The predicted octanol–water partition coefficient (Wildman–Crippen LogP) is 3.35. The first-order valence-electron chi connectivity index (χ1n) is 9.25. The number of fused-ring (bicyclic) bond motifs is 1. The molecular formula is C20H22N2O5S2. The molecule has 7 nitrogen and oxygen atoms in total. The fourth-order valence-corrected chi connectivity index (χ4v) is 5.26. The Labute approximate surface area is 174 Å². The second-order valence-corrected chi connectivity index (χ2v) is 9.77. The van der Waals surface area contributed by atoms with Crippen LogP contribution in [0, 0.1) is 5.92 Å². The van der Waals surface area contributed by atoms with Crippen LogP contribution in [0.2, 0.25) is 0 Å². The number of rotatable bonds is 6. The molecule has 0 saturated heterocycles. The van der Waals surface area contributed by atoms with E-state index in [1.165, 1.54) is 14.2 Å². The Morgan fingerprint density at radius 2 is 1.79 bits per heavy atom. The number of carbonyl (C=O) groups is 1. The molecule has 1 N–H and O–H groups in total. The lowest BCUT2D eigenvalue weighted by Crippen LogP contribution is -2.36. The van der Waals surface area contributed by atoms with Crippen molar-refractivity contribution in [3.63, 3.8) is 0 Å². The van der Waals surface area contributed by atoms with Crippen molar-refractivity contribution in [2.24, 2.45) is 5.92 Å². The lowest BCUT2D eigenvalue weighted by atomic mass is 10.2. The highest BCUT2D eigenvalue weighted by Crippen LogP contribution is 2.40. The summed E-state index contributed by atoms with van der Waals surface area (Å²) in [6, 6.07) is 9.75. The molecule has 0 bridgehead atoms. The second kappa shape index (κ2) is 7.79. The minimum absolute atomic E-state index is 0.0774. The average molecular weight is 435 g/mol. The monoisotopic (exact) mass is 434 g/mol. The van der Waals surface area contributed by atoms with Gasteiger partial charge in [0.2, 0.25) is 5.91 Å². The molecule has 29 heavy (non-hydrogen) atoms. The Kier molecular flexibility index (Phi) is 5.35. The minimum Gasteiger partial charge on any atom is -0.497 e. The molecule has 1 saturated carbocycles. The number of ether oxygens (including phenoxy) is 2. The number of anilines is 2. The molecule has 1 aliphatic heterocycles. The standard InChI is InChI=1S/C20H22N2O5S2/c1-26-15-9-14(10-16(11-15)27-2)21-29(24,25)17-5-6-19-18(12-17)22(7-8-28-19)20(23)13-3-4-13/h5-6,9-13,21H,3-4,7-8H2,1-2H3. The maximum absolute atomic E-state index is 13.0. The number of hydrogen-bond donors (Lipinski definition) is 1. The lowest BCUT2D eigenvalue weighted by molar-refractivity contribution is -0.119. The zero-order valence-corrected chi connectivity index (χ0v) is 17.8. The summed E-state index contributed by atoms with van der Waals surface area (Å²) in [6.45, 7) is 0.594. The minimum atomic E-state index is -3.86. The number of thioether (sulfide) groups is 1. The van der Waals surface area contributed by atoms with Crippen LogP contribution >= 0.6 is 11.8 Å². The quantitative estimate of drug-likeness (QED) is 0.751. The maximum Gasteiger partial charge on any atom is 0.261 e. The van der Waals surface area contributed by atoms with Crippen molar-refractivity contribution < 1.29 is 22.7 Å². The summed E-state index contributed by atoms with van der Waals surface area (Å²) in [7, 11) is -0.860. The van der Waals surface area contributed by atoms with Gasteiger partial charge in [-0.25, -0.2) is 8.42 Å². The van der Waals surface area contributed by atoms with Gasteiger partial charge >= 0.3 is 0 Å². The van der Waals surface area contributed by atoms with Crippen LogP contribution < -0.4 is 19.1 Å². The molecule has 2 aromatic carbocycles. The Morgan fingerprint density at radius 1 is 1.10 bits per heavy atom. The molecule has 9 heteroatoms. The van der Waals surface area contributed by atoms with Gasteiger partial charge in [0.05, 0.1) is 30.5 Å². The summed E-state index contributed by atoms with van der Waals surface area (Å²) in [5.74, 6) is 1.93. The van der Waals surface area contributed by atoms with Gasteiger partial charge in [-0.05, 0) is 31.0 Å². The van der Waals surface area contributed by atoms with E-state index < -0.39 is 10.0 Å². The first kappa shape index (κ1) is 19.9. The number of benzene rings is 2. The van der Waals surface area contributed by atoms with E-state index in [1.807, 2.05) is 0 Å². The molecule has 0 unspecified atom stereocenters. The number of nitrogens with one attached hydrogen (secondary N) is 1. The molecule has 2 aromatic rings. The summed E-state index contributed by atoms with van der Waals surface area (Å²) < 4.78 is 39.0. The van der Waals surface area contributed by atoms with Gasteiger partial charge in [0.15, 0.2) is 0 Å². The third kappa shape index (κ3) is 4.16. The highest BCUT2D eigenvalue weighted by Gasteiger charge is 2.36. The normalized spacial score (nSPS) is 16.1. The molecule has 1 aliphatic carbocycles. The van der Waals surface area contributed by atoms with Crippen LogP contribution in [0.5, 0.6) is 11.5 Å². The van der Waals surface area contributed by atoms with Crippen LogP contribution in [0.3, 0.4) is 0 Å². The molecule has 154 valence electrons. The molecule has 2 aliphatic rings. The van der Waals surface area contributed by atoms with Gasteiger partial charge in [-0.1, -0.05) is 0 Å². The molecular weight excluding hydrogens is 412 g/mol. The fraction of sp³-hybridized carbons (Fsp3) is 0.350. The van der Waals surface area contributed by atoms with Gasteiger partial charge in [0.25, 0.3) is 10.0 Å². The zero-order chi connectivity index (χ0) is 20.6. The smallest absolute Gasteiger partial charge is 0.261 e. The fourth-order valence-electron chi connectivity index (χ4n) is 3.22. The molecule has 0 spiro atoms. The predicted molar refractivity (Wildman–Crippen MR) is 113 cm³/mol. The first-order valence-corrected chi connectivity index (χ1v) is 11.7. The van der Waals surface area contributed by atoms with Gasteiger partial charge < -0.3 is 14.4 Å². The van der Waals surface area contributed by atoms with Crippen molar-refractivity contribution in [1.82, 2.24) is 0 Å². The van der Waals surface area contributed by atoms with Crippen molar-refractivity contribution in [3.05, 3.63) is 36.4 Å². The van der Waals surface area contributed by atoms with Crippen molar-refractivity contribution in [2.75, 3.05) is 36.1 Å². The first-order chi connectivity index (χ1) is 13.9. The molecule has 0 aromatic heterocycles. The average Bonchev–Trinajstić information content (AvgIpc) is 3.57. The summed E-state index contributed by atoms with van der Waals surface area (Å²) in [5.41, 5.74) is 1.00. The van der Waals surface area contributed by atoms with E-state index >= 15 is 0 Å². The van der Waals surface area contributed by atoms with E-state index in [0.29, 0.717) is 29.4 Å². The number of sulfonamides is 1. The third-order valence-electron chi connectivity index (χ3n) is 4.90. The molecule has 1 amide bonds. The zero-order valence-electron chi connectivity index (χ0n) is 16.2. The van der Waals surface area contributed by atoms with E-state index in [0.717, 1.165) is 23.5 Å². The summed E-state index contributed by atoms with van der Waals surface area (Å²) >= 11 is 1.63. The molecule has 0 atom stereocenters. The molecule has 4 rings (SSSR count). The summed E-state index contributed by atoms with van der Waals surface area (Å²) in [6.07, 6.45) is 1.82. The third-order valence-corrected chi connectivity index (χ3v) is 7.32. The highest BCUT2D eigenvalue weighted by atomic mass is 32.2. The van der Waals surface area contributed by atoms with Gasteiger partial charge in [-0.3, -0.25) is 9.52 Å². The number of hydrogen-bond acceptors (Lipinski definition) is 6. The number of nitrogens with zero attached hydrogens (tertiary/aromatic N) is 1. The Morgan fingerprint density at radius 3 is 2.41 bits per heavy atom. The van der Waals surface area contributed by atoms with Gasteiger partial charge in [-0.15, -0.1) is 11.8 Å². The van der Waals surface area contributed by atoms with Gasteiger partial charge in [0, 0.05) is 41.3 Å². The Bertz CT molecular complexity index is 1030. The Balaban J connectivity index is 1.66. The summed E-state index contributed by atoms with van der Waals surface area (Å²) in [5, 5.41) is 0. The number of methoxy groups -OCH3 is 2. The van der Waals surface area contributed by atoms with E-state index in [4.69, 9.17) is 9.47 Å². The Hall–Kier alpha value is -2.39. The van der Waals surface area contributed by atoms with Crippen LogP contribution in [-0.4, -0.2) is 40.8 Å². The van der Waals surface area contributed by atoms with Crippen LogP contribution in [0.1, 0.15) is 12.8 Å². The van der Waals surface area contributed by atoms with Crippen molar-refractivity contribution >= 4 is 39.1 Å². The van der Waals surface area contributed by atoms with E-state index in [1.54, 1.807) is 53.1 Å². The SMILES string of the molecule is COc1cc(NS(=O)(=O)c2ccc3c(c2)N(C(=O)C2CC2)CCS3)cc(OC)c1. The van der Waals surface area contributed by atoms with E-state index in [9.17, 15) is 13.2 Å². The van der Waals surface area contributed by atoms with Crippen LogP contribution in [-0.2, 0) is 14.8 Å². The highest BCUT2D eigenvalue weighted by molar-refractivity contribution is 7.99. The molecule has 1 heterocycles. The largest absolute Gasteiger partial charge is 0.497 e. The van der Waals surface area contributed by atoms with E-state index in [-0.39, 0.29) is 16.7 Å². The van der Waals surface area contributed by atoms with Crippen LogP contribution in [0.15, 0.2) is 46.2 Å². The van der Waals surface area contributed by atoms with Gasteiger partial charge in [0.1, 0.15) is 11.5 Å². The van der Waals surface area contributed by atoms with Crippen molar-refractivity contribution in [1.29, 1.82) is 0 Å². The second-order valence-electron chi connectivity index (χ2n) is 6.95. The number of carbonyl (C=O) groups excluding carboxylic acids is 1. The van der Waals surface area contributed by atoms with Gasteiger partial charge in [-0.2, -0.15) is 0 Å². The van der Waals surface area contributed by atoms with Crippen molar-refractivity contribution in [2.45, 2.75) is 22.6 Å². The number of amides is 1. The van der Waals surface area contributed by atoms with Crippen LogP contribution in [0.4, 0.5) is 11.4 Å². The summed E-state index contributed by atoms with van der Waals surface area (Å²) in [4.78, 5) is 15.4. The maximum atomic E-state index is 13.0. The molecule has 1 fully saturated rings. The topological polar surface area (TPSA) is 84.9 Å².